The highest BCUT2D eigenvalue weighted by atomic mass is 19.1. The van der Waals surface area contributed by atoms with E-state index in [0.717, 1.165) is 12.1 Å². The van der Waals surface area contributed by atoms with Gasteiger partial charge in [0.25, 0.3) is 5.91 Å². The number of carbonyl (C=O) groups excluding carboxylic acids is 1. The molecule has 1 N–H and O–H groups in total. The van der Waals surface area contributed by atoms with Crippen molar-refractivity contribution in [3.63, 3.8) is 0 Å². The van der Waals surface area contributed by atoms with Crippen LogP contribution in [0.25, 0.3) is 22.2 Å². The van der Waals surface area contributed by atoms with Gasteiger partial charge in [-0.15, -0.1) is 0 Å². The lowest BCUT2D eigenvalue weighted by atomic mass is 10.0. The number of fused-ring (bicyclic) bond motifs is 1. The SMILES string of the molecule is COc1ccc(-c2cc(C(=O)Nc3c(F)cccc3F)c3ccccc3n2)cc1OC. The number of pyridine rings is 1. The summed E-state index contributed by atoms with van der Waals surface area (Å²) in [5, 5.41) is 2.90. The molecule has 0 unspecified atom stereocenters. The summed E-state index contributed by atoms with van der Waals surface area (Å²) in [7, 11) is 3.06. The molecule has 3 aromatic carbocycles. The monoisotopic (exact) mass is 420 g/mol. The fourth-order valence-corrected chi connectivity index (χ4v) is 3.30. The molecule has 1 heterocycles. The topological polar surface area (TPSA) is 60.5 Å². The highest BCUT2D eigenvalue weighted by Gasteiger charge is 2.18. The van der Waals surface area contributed by atoms with Gasteiger partial charge >= 0.3 is 0 Å². The number of para-hydroxylation sites is 2. The van der Waals surface area contributed by atoms with Crippen molar-refractivity contribution in [1.82, 2.24) is 4.98 Å². The molecule has 0 aliphatic heterocycles. The van der Waals surface area contributed by atoms with Crippen LogP contribution in [0.2, 0.25) is 0 Å². The van der Waals surface area contributed by atoms with Crippen molar-refractivity contribution in [2.75, 3.05) is 19.5 Å². The van der Waals surface area contributed by atoms with Crippen molar-refractivity contribution >= 4 is 22.5 Å². The average Bonchev–Trinajstić information content (AvgIpc) is 2.80. The Morgan fingerprint density at radius 2 is 1.58 bits per heavy atom. The van der Waals surface area contributed by atoms with Crippen LogP contribution in [0.1, 0.15) is 10.4 Å². The summed E-state index contributed by atoms with van der Waals surface area (Å²) >= 11 is 0. The van der Waals surface area contributed by atoms with Crippen LogP contribution in [0.4, 0.5) is 14.5 Å². The molecule has 0 radical (unpaired) electrons. The summed E-state index contributed by atoms with van der Waals surface area (Å²) in [6.45, 7) is 0. The zero-order chi connectivity index (χ0) is 22.0. The van der Waals surface area contributed by atoms with Gasteiger partial charge in [0.2, 0.25) is 0 Å². The smallest absolute Gasteiger partial charge is 0.256 e. The summed E-state index contributed by atoms with van der Waals surface area (Å²) in [5.74, 6) is -1.29. The number of nitrogens with zero attached hydrogens (tertiary/aromatic N) is 1. The first kappa shape index (κ1) is 20.3. The third-order valence-electron chi connectivity index (χ3n) is 4.84. The van der Waals surface area contributed by atoms with Crippen molar-refractivity contribution < 1.29 is 23.0 Å². The summed E-state index contributed by atoms with van der Waals surface area (Å²) in [6.07, 6.45) is 0. The Morgan fingerprint density at radius 3 is 2.29 bits per heavy atom. The number of hydrogen-bond acceptors (Lipinski definition) is 4. The molecule has 0 spiro atoms. The molecule has 0 fully saturated rings. The standard InChI is InChI=1S/C24H18F2N2O3/c1-30-21-11-10-14(12-22(21)31-2)20-13-16(15-6-3-4-9-19(15)27-20)24(29)28-23-17(25)7-5-8-18(23)26/h3-13H,1-2H3,(H,28,29). The predicted octanol–water partition coefficient (Wildman–Crippen LogP) is 5.45. The third-order valence-corrected chi connectivity index (χ3v) is 4.84. The van der Waals surface area contributed by atoms with Crippen molar-refractivity contribution in [1.29, 1.82) is 0 Å². The van der Waals surface area contributed by atoms with Crippen LogP contribution in [0.15, 0.2) is 66.7 Å². The maximum absolute atomic E-state index is 14.0. The number of rotatable bonds is 5. The minimum atomic E-state index is -0.855. The van der Waals surface area contributed by atoms with E-state index in [-0.39, 0.29) is 5.56 Å². The Morgan fingerprint density at radius 1 is 0.871 bits per heavy atom. The fraction of sp³-hybridized carbons (Fsp3) is 0.0833. The number of halogens is 2. The molecule has 156 valence electrons. The minimum absolute atomic E-state index is 0.234. The molecule has 0 saturated carbocycles. The Kier molecular flexibility index (Phi) is 5.49. The maximum Gasteiger partial charge on any atom is 0.256 e. The van der Waals surface area contributed by atoms with Gasteiger partial charge in [0.1, 0.15) is 17.3 Å². The van der Waals surface area contributed by atoms with Gasteiger partial charge in [-0.1, -0.05) is 24.3 Å². The molecule has 0 bridgehead atoms. The van der Waals surface area contributed by atoms with Gasteiger partial charge in [-0.3, -0.25) is 4.79 Å². The summed E-state index contributed by atoms with van der Waals surface area (Å²) in [4.78, 5) is 17.7. The largest absolute Gasteiger partial charge is 0.493 e. The predicted molar refractivity (Wildman–Crippen MR) is 115 cm³/mol. The second kappa shape index (κ2) is 8.39. The normalized spacial score (nSPS) is 10.7. The molecule has 7 heteroatoms. The van der Waals surface area contributed by atoms with Crippen LogP contribution in [0.3, 0.4) is 0 Å². The van der Waals surface area contributed by atoms with Crippen molar-refractivity contribution in [2.24, 2.45) is 0 Å². The van der Waals surface area contributed by atoms with E-state index in [1.807, 2.05) is 0 Å². The highest BCUT2D eigenvalue weighted by Crippen LogP contribution is 2.33. The van der Waals surface area contributed by atoms with E-state index in [2.05, 4.69) is 10.3 Å². The molecule has 1 amide bonds. The van der Waals surface area contributed by atoms with E-state index >= 15 is 0 Å². The Hall–Kier alpha value is -4.00. The van der Waals surface area contributed by atoms with Gasteiger partial charge in [-0.2, -0.15) is 0 Å². The molecule has 1 aromatic heterocycles. The first-order valence-electron chi connectivity index (χ1n) is 9.39. The Labute approximate surface area is 177 Å². The number of amides is 1. The molecular weight excluding hydrogens is 402 g/mol. The molecule has 5 nitrogen and oxygen atoms in total. The van der Waals surface area contributed by atoms with Gasteiger partial charge in [0, 0.05) is 10.9 Å². The van der Waals surface area contributed by atoms with Crippen molar-refractivity contribution in [2.45, 2.75) is 0 Å². The molecule has 4 aromatic rings. The van der Waals surface area contributed by atoms with Crippen LogP contribution in [-0.2, 0) is 0 Å². The van der Waals surface area contributed by atoms with E-state index in [1.54, 1.807) is 48.5 Å². The Bertz CT molecular complexity index is 1270. The van der Waals surface area contributed by atoms with Crippen LogP contribution < -0.4 is 14.8 Å². The lowest BCUT2D eigenvalue weighted by molar-refractivity contribution is 0.102. The maximum atomic E-state index is 14.0. The second-order valence-corrected chi connectivity index (χ2v) is 6.69. The van der Waals surface area contributed by atoms with Gasteiger partial charge in [-0.05, 0) is 42.5 Å². The van der Waals surface area contributed by atoms with E-state index in [9.17, 15) is 13.6 Å². The molecule has 31 heavy (non-hydrogen) atoms. The first-order valence-corrected chi connectivity index (χ1v) is 9.39. The zero-order valence-electron chi connectivity index (χ0n) is 16.8. The summed E-state index contributed by atoms with van der Waals surface area (Å²) in [5.41, 5.74) is 1.49. The van der Waals surface area contributed by atoms with E-state index in [4.69, 9.17) is 9.47 Å². The minimum Gasteiger partial charge on any atom is -0.493 e. The Balaban J connectivity index is 1.83. The number of anilines is 1. The van der Waals surface area contributed by atoms with E-state index < -0.39 is 23.2 Å². The molecule has 4 rings (SSSR count). The molecule has 0 saturated heterocycles. The summed E-state index contributed by atoms with van der Waals surface area (Å²) < 4.78 is 38.7. The number of ether oxygens (including phenoxy) is 2. The number of aromatic nitrogens is 1. The van der Waals surface area contributed by atoms with Gasteiger partial charge in [0.05, 0.1) is 31.0 Å². The van der Waals surface area contributed by atoms with Gasteiger partial charge in [0.15, 0.2) is 11.5 Å². The third kappa shape index (κ3) is 3.90. The zero-order valence-corrected chi connectivity index (χ0v) is 16.8. The number of carbonyl (C=O) groups is 1. The molecule has 0 atom stereocenters. The number of nitrogens with one attached hydrogen (secondary N) is 1. The van der Waals surface area contributed by atoms with Crippen LogP contribution in [0, 0.1) is 11.6 Å². The summed E-state index contributed by atoms with van der Waals surface area (Å²) in [6, 6.07) is 17.3. The lowest BCUT2D eigenvalue weighted by Gasteiger charge is -2.13. The highest BCUT2D eigenvalue weighted by molar-refractivity contribution is 6.13. The van der Waals surface area contributed by atoms with Crippen molar-refractivity contribution in [3.8, 4) is 22.8 Å². The molecule has 0 aliphatic carbocycles. The van der Waals surface area contributed by atoms with Gasteiger partial charge in [-0.25, -0.2) is 13.8 Å². The van der Waals surface area contributed by atoms with Gasteiger partial charge < -0.3 is 14.8 Å². The molecular formula is C24H18F2N2O3. The molecule has 0 aliphatic rings. The average molecular weight is 420 g/mol. The van der Waals surface area contributed by atoms with Crippen molar-refractivity contribution in [3.05, 3.63) is 83.9 Å². The van der Waals surface area contributed by atoms with Crippen LogP contribution in [0.5, 0.6) is 11.5 Å². The fourth-order valence-electron chi connectivity index (χ4n) is 3.30. The number of methoxy groups -OCH3 is 2. The quantitative estimate of drug-likeness (QED) is 0.466. The van der Waals surface area contributed by atoms with E-state index in [1.165, 1.54) is 20.3 Å². The number of hydrogen-bond donors (Lipinski definition) is 1. The van der Waals surface area contributed by atoms with Crippen LogP contribution in [-0.4, -0.2) is 25.1 Å². The first-order chi connectivity index (χ1) is 15.0. The lowest BCUT2D eigenvalue weighted by Crippen LogP contribution is -2.15. The van der Waals surface area contributed by atoms with E-state index in [0.29, 0.717) is 33.7 Å². The second-order valence-electron chi connectivity index (χ2n) is 6.69. The number of benzene rings is 3. The van der Waals surface area contributed by atoms with Crippen LogP contribution >= 0.6 is 0 Å².